The highest BCUT2D eigenvalue weighted by Crippen LogP contribution is 2.28. The first kappa shape index (κ1) is 61.1. The number of nitrogens with zero attached hydrogens (tertiary/aromatic N) is 4. The van der Waals surface area contributed by atoms with E-state index in [0.29, 0.717) is 18.8 Å². The molecule has 0 saturated carbocycles. The van der Waals surface area contributed by atoms with Crippen molar-refractivity contribution in [2.24, 2.45) is 0 Å². The van der Waals surface area contributed by atoms with Crippen LogP contribution in [-0.4, -0.2) is 113 Å². The Labute approximate surface area is 409 Å². The van der Waals surface area contributed by atoms with Gasteiger partial charge in [0, 0.05) is 19.8 Å². The maximum Gasteiger partial charge on any atom is 0.333 e. The predicted octanol–water partition coefficient (Wildman–Crippen LogP) is 11.9. The Bertz CT molecular complexity index is 1410. The fourth-order valence-electron chi connectivity index (χ4n) is 8.37. The van der Waals surface area contributed by atoms with Gasteiger partial charge in [-0.15, -0.1) is 5.10 Å². The summed E-state index contributed by atoms with van der Waals surface area (Å²) in [5.41, 5.74) is 0.681. The van der Waals surface area contributed by atoms with Gasteiger partial charge in [0.25, 0.3) is 0 Å². The normalized spacial score (nSPS) is 20.0. The van der Waals surface area contributed by atoms with Gasteiger partial charge in [-0.1, -0.05) is 151 Å². The Morgan fingerprint density at radius 2 is 1.18 bits per heavy atom. The van der Waals surface area contributed by atoms with Gasteiger partial charge in [-0.2, -0.15) is 0 Å². The lowest BCUT2D eigenvalue weighted by atomic mass is 9.97. The molecule has 1 saturated heterocycles. The van der Waals surface area contributed by atoms with E-state index in [-0.39, 0.29) is 6.29 Å². The zero-order valence-electron chi connectivity index (χ0n) is 43.2. The summed E-state index contributed by atoms with van der Waals surface area (Å²) in [6, 6.07) is -1.02. The maximum atomic E-state index is 10.5. The van der Waals surface area contributed by atoms with Crippen LogP contribution in [0.25, 0.3) is 0 Å². The largest absolute Gasteiger partial charge is 0.394 e. The third kappa shape index (κ3) is 31.0. The lowest BCUT2D eigenvalue weighted by Gasteiger charge is -2.39. The van der Waals surface area contributed by atoms with Gasteiger partial charge in [0.05, 0.1) is 18.5 Å². The molecule has 388 valence electrons. The van der Waals surface area contributed by atoms with Crippen molar-refractivity contribution in [3.8, 4) is 0 Å². The molecule has 13 heteroatoms. The Hall–Kier alpha value is -2.04. The summed E-state index contributed by atoms with van der Waals surface area (Å²) < 4.78 is 26.1. The van der Waals surface area contributed by atoms with Crippen LogP contribution in [0.4, 0.5) is 0 Å². The number of aliphatic hydroxyl groups is 4. The van der Waals surface area contributed by atoms with Gasteiger partial charge in [-0.3, -0.25) is 0 Å². The van der Waals surface area contributed by atoms with Crippen molar-refractivity contribution < 1.29 is 38.8 Å². The van der Waals surface area contributed by atoms with Gasteiger partial charge in [-0.25, -0.2) is 4.68 Å². The number of unbranched alkanes of at least 4 members (excludes halogenated alkanes) is 20. The van der Waals surface area contributed by atoms with E-state index in [9.17, 15) is 20.4 Å². The third-order valence-electron chi connectivity index (χ3n) is 12.5. The molecule has 0 bridgehead atoms. The highest BCUT2D eigenvalue weighted by atomic mass is 28.4. The molecule has 1 fully saturated rings. The predicted molar refractivity (Wildman–Crippen MR) is 277 cm³/mol. The average molecular weight is 961 g/mol. The van der Waals surface area contributed by atoms with Crippen molar-refractivity contribution in [3.63, 3.8) is 0 Å². The van der Waals surface area contributed by atoms with E-state index >= 15 is 0 Å². The molecule has 0 aliphatic carbocycles. The quantitative estimate of drug-likeness (QED) is 0.0214. The summed E-state index contributed by atoms with van der Waals surface area (Å²) in [7, 11) is -0.351. The minimum Gasteiger partial charge on any atom is -0.394 e. The van der Waals surface area contributed by atoms with E-state index < -0.39 is 45.8 Å². The van der Waals surface area contributed by atoms with Gasteiger partial charge >= 0.3 is 8.56 Å². The summed E-state index contributed by atoms with van der Waals surface area (Å²) in [5.74, 6) is 0. The number of aromatic nitrogens is 3. The molecule has 0 amide bonds. The minimum absolute atomic E-state index is 0.203. The smallest absolute Gasteiger partial charge is 0.333 e. The van der Waals surface area contributed by atoms with Crippen molar-refractivity contribution in [3.05, 3.63) is 60.5 Å². The van der Waals surface area contributed by atoms with Crippen LogP contribution in [0.2, 0.25) is 13.1 Å². The Kier molecular flexibility index (Phi) is 37.1. The highest BCUT2D eigenvalue weighted by Gasteiger charge is 2.45. The molecule has 6 atom stereocenters. The number of rotatable bonds is 44. The molecule has 1 aromatic heterocycles. The summed E-state index contributed by atoms with van der Waals surface area (Å²) in [4.78, 5) is 2.17. The van der Waals surface area contributed by atoms with Crippen molar-refractivity contribution in [1.82, 2.24) is 19.9 Å². The van der Waals surface area contributed by atoms with Crippen molar-refractivity contribution in [2.45, 2.75) is 250 Å². The fraction of sp³-hybridized carbons (Fsp3) is 0.815. The molecule has 1 aliphatic heterocycles. The van der Waals surface area contributed by atoms with Crippen molar-refractivity contribution in [1.29, 1.82) is 0 Å². The Morgan fingerprint density at radius 1 is 0.672 bits per heavy atom. The van der Waals surface area contributed by atoms with Crippen LogP contribution in [0, 0.1) is 0 Å². The van der Waals surface area contributed by atoms with Gasteiger partial charge in [0.1, 0.15) is 30.6 Å². The first-order chi connectivity index (χ1) is 32.6. The monoisotopic (exact) mass is 961 g/mol. The van der Waals surface area contributed by atoms with Crippen LogP contribution in [0.1, 0.15) is 205 Å². The Balaban J connectivity index is 1.66. The zero-order chi connectivity index (χ0) is 48.6. The molecule has 12 nitrogen and oxygen atoms in total. The molecule has 2 heterocycles. The second-order valence-electron chi connectivity index (χ2n) is 19.3. The molecule has 4 N–H and O–H groups in total. The molecule has 0 spiro atoms. The van der Waals surface area contributed by atoms with Crippen LogP contribution in [0.5, 0.6) is 0 Å². The van der Waals surface area contributed by atoms with E-state index in [1.165, 1.54) is 127 Å². The topological polar surface area (TPSA) is 152 Å². The van der Waals surface area contributed by atoms with Crippen LogP contribution in [-0.2, 0) is 24.9 Å². The first-order valence-electron chi connectivity index (χ1n) is 27.0. The van der Waals surface area contributed by atoms with Gasteiger partial charge in [0.15, 0.2) is 6.29 Å². The molecular weight excluding hydrogens is 861 g/mol. The van der Waals surface area contributed by atoms with Crippen LogP contribution in [0.15, 0.2) is 54.8 Å². The summed E-state index contributed by atoms with van der Waals surface area (Å²) >= 11 is 0. The molecule has 0 aromatic carbocycles. The molecule has 1 aliphatic rings. The SMILES string of the molecule is CCCCC/C=C\C/C=C\CCCCCCCCOC(CCCCCCC/C=C\C/C=C\CCCCC)O[Si](C)(C)OCCCCCCN(C)Cc1cn(C2C(O)O[C@H](CO)[C@@H](O)[C@@H]2O)nn1. The average Bonchev–Trinajstić information content (AvgIpc) is 3.76. The Morgan fingerprint density at radius 3 is 1.75 bits per heavy atom. The molecule has 67 heavy (non-hydrogen) atoms. The third-order valence-corrected chi connectivity index (χ3v) is 14.2. The molecular formula is C54H100N4O8Si. The fourth-order valence-corrected chi connectivity index (χ4v) is 9.89. The zero-order valence-corrected chi connectivity index (χ0v) is 44.2. The van der Waals surface area contributed by atoms with Crippen LogP contribution >= 0.6 is 0 Å². The molecule has 0 radical (unpaired) electrons. The van der Waals surface area contributed by atoms with Crippen molar-refractivity contribution in [2.75, 3.05) is 33.4 Å². The molecule has 2 rings (SSSR count). The summed E-state index contributed by atoms with van der Waals surface area (Å²) in [6.07, 6.45) is 48.3. The first-order valence-corrected chi connectivity index (χ1v) is 29.9. The van der Waals surface area contributed by atoms with E-state index in [0.717, 1.165) is 70.9 Å². The standard InChI is InChI=1S/C54H100N4O8Si/c1-6-8-10-12-14-16-18-20-22-24-26-28-30-32-35-39-43-63-50(41-37-33-31-29-27-25-23-21-19-17-15-13-11-9-7-2)66-67(4,5)64-44-40-36-34-38-42-57(3)45-48-46-58(56-55-48)51-53(61)52(60)49(47-59)65-54(51)62/h14-17,20-23,46,49-54,59-62H,6-13,18-19,24-45,47H2,1-5H3/b16-14-,17-15-,22-20-,23-21-/t49-,50?,51?,52-,53-,54?/m1/s1. The number of ether oxygens (including phenoxy) is 2. The maximum absolute atomic E-state index is 10.5. The number of allylic oxidation sites excluding steroid dienone is 8. The van der Waals surface area contributed by atoms with E-state index in [1.54, 1.807) is 6.20 Å². The van der Waals surface area contributed by atoms with Crippen LogP contribution in [0.3, 0.4) is 0 Å². The minimum atomic E-state index is -2.38. The number of hydrogen-bond acceptors (Lipinski definition) is 11. The number of aliphatic hydroxyl groups excluding tert-OH is 4. The molecule has 3 unspecified atom stereocenters. The second kappa shape index (κ2) is 40.7. The van der Waals surface area contributed by atoms with Crippen molar-refractivity contribution >= 4 is 8.56 Å². The van der Waals surface area contributed by atoms with E-state index in [1.807, 2.05) is 7.05 Å². The van der Waals surface area contributed by atoms with E-state index in [2.05, 4.69) is 90.8 Å². The summed E-state index contributed by atoms with van der Waals surface area (Å²) in [5, 5.41) is 48.8. The lowest BCUT2D eigenvalue weighted by molar-refractivity contribution is -0.265. The van der Waals surface area contributed by atoms with Crippen LogP contribution < -0.4 is 0 Å². The lowest BCUT2D eigenvalue weighted by Crippen LogP contribution is -2.56. The van der Waals surface area contributed by atoms with Gasteiger partial charge in [0.2, 0.25) is 0 Å². The van der Waals surface area contributed by atoms with Gasteiger partial charge < -0.3 is 43.7 Å². The highest BCUT2D eigenvalue weighted by molar-refractivity contribution is 6.64. The summed E-state index contributed by atoms with van der Waals surface area (Å²) in [6.45, 7) is 11.2. The number of hydrogen-bond donors (Lipinski definition) is 4. The second-order valence-corrected chi connectivity index (χ2v) is 22.7. The van der Waals surface area contributed by atoms with Gasteiger partial charge in [-0.05, 0) is 123 Å². The molecule has 1 aromatic rings. The van der Waals surface area contributed by atoms with E-state index in [4.69, 9.17) is 18.3 Å².